The summed E-state index contributed by atoms with van der Waals surface area (Å²) in [5, 5.41) is 0.920. The van der Waals surface area contributed by atoms with E-state index in [1.165, 1.54) is 6.07 Å². The molecule has 0 unspecified atom stereocenters. The van der Waals surface area contributed by atoms with Crippen LogP contribution in [0.1, 0.15) is 24.2 Å². The molecule has 0 atom stereocenters. The number of hydrogen-bond acceptors (Lipinski definition) is 5. The summed E-state index contributed by atoms with van der Waals surface area (Å²) in [4.78, 5) is 26.3. The van der Waals surface area contributed by atoms with Gasteiger partial charge in [-0.3, -0.25) is 9.59 Å². The number of benzene rings is 2. The van der Waals surface area contributed by atoms with Gasteiger partial charge in [0.1, 0.15) is 5.58 Å². The van der Waals surface area contributed by atoms with E-state index in [4.69, 9.17) is 10.2 Å². The van der Waals surface area contributed by atoms with Crippen molar-refractivity contribution in [3.63, 3.8) is 0 Å². The van der Waals surface area contributed by atoms with E-state index in [0.29, 0.717) is 27.5 Å². The number of hydrogen-bond donors (Lipinski definition) is 1. The van der Waals surface area contributed by atoms with Crippen molar-refractivity contribution in [3.8, 4) is 0 Å². The number of thioether (sulfide) groups is 2. The number of amides is 1. The topological polar surface area (TPSA) is 73.3 Å². The van der Waals surface area contributed by atoms with Crippen LogP contribution in [-0.4, -0.2) is 17.4 Å². The maximum Gasteiger partial charge on any atom is 0.248 e. The van der Waals surface area contributed by atoms with E-state index in [9.17, 15) is 9.59 Å². The van der Waals surface area contributed by atoms with Gasteiger partial charge in [-0.25, -0.2) is 0 Å². The monoisotopic (exact) mass is 359 g/mol. The lowest BCUT2D eigenvalue weighted by molar-refractivity contribution is 0.100. The van der Waals surface area contributed by atoms with E-state index in [1.807, 2.05) is 6.07 Å². The highest BCUT2D eigenvalue weighted by molar-refractivity contribution is 8.00. The molecule has 1 heterocycles. The minimum absolute atomic E-state index is 0.133. The summed E-state index contributed by atoms with van der Waals surface area (Å²) in [6, 6.07) is 8.65. The first-order valence-corrected chi connectivity index (χ1v) is 9.62. The molecule has 6 heteroatoms. The first-order chi connectivity index (χ1) is 11.5. The molecule has 0 aliphatic carbocycles. The minimum atomic E-state index is -0.561. The average molecular weight is 359 g/mol. The second-order valence-corrected chi connectivity index (χ2v) is 7.81. The molecule has 24 heavy (non-hydrogen) atoms. The lowest BCUT2D eigenvalue weighted by Gasteiger charge is -2.09. The summed E-state index contributed by atoms with van der Waals surface area (Å²) in [5.74, 6) is 1.25. The molecule has 0 radical (unpaired) electrons. The smallest absolute Gasteiger partial charge is 0.248 e. The number of carbonyl (C=O) groups excluding carboxylic acids is 1. The van der Waals surface area contributed by atoms with Crippen LogP contribution < -0.4 is 11.2 Å². The second kappa shape index (κ2) is 6.91. The highest BCUT2D eigenvalue weighted by atomic mass is 32.2. The average Bonchev–Trinajstić information content (AvgIpc) is 2.56. The van der Waals surface area contributed by atoms with Crippen LogP contribution >= 0.6 is 23.5 Å². The summed E-state index contributed by atoms with van der Waals surface area (Å²) in [6.45, 7) is 4.14. The van der Waals surface area contributed by atoms with Crippen molar-refractivity contribution in [2.24, 2.45) is 5.73 Å². The Morgan fingerprint density at radius 3 is 2.50 bits per heavy atom. The van der Waals surface area contributed by atoms with Gasteiger partial charge in [0, 0.05) is 10.5 Å². The SMILES string of the molecule is CCSc1cc(SCC)c2oc3ccc(C(N)=O)cc3c(=O)c2c1. The van der Waals surface area contributed by atoms with Gasteiger partial charge in [-0.1, -0.05) is 13.8 Å². The zero-order valence-corrected chi connectivity index (χ0v) is 15.1. The first kappa shape index (κ1) is 16.9. The fourth-order valence-electron chi connectivity index (χ4n) is 2.57. The van der Waals surface area contributed by atoms with Crippen LogP contribution in [0.5, 0.6) is 0 Å². The number of nitrogens with two attached hydrogens (primary N) is 1. The Morgan fingerprint density at radius 2 is 1.83 bits per heavy atom. The Balaban J connectivity index is 2.38. The molecule has 0 saturated carbocycles. The molecular formula is C18H17NO3S2. The fourth-order valence-corrected chi connectivity index (χ4v) is 4.18. The zero-order chi connectivity index (χ0) is 17.3. The first-order valence-electron chi connectivity index (χ1n) is 7.65. The van der Waals surface area contributed by atoms with E-state index in [-0.39, 0.29) is 5.43 Å². The highest BCUT2D eigenvalue weighted by Crippen LogP contribution is 2.33. The van der Waals surface area contributed by atoms with Crippen molar-refractivity contribution >= 4 is 51.4 Å². The molecule has 2 aromatic carbocycles. The number of carbonyl (C=O) groups is 1. The Kier molecular flexibility index (Phi) is 4.87. The van der Waals surface area contributed by atoms with Gasteiger partial charge in [-0.2, -0.15) is 0 Å². The normalized spacial score (nSPS) is 11.2. The summed E-state index contributed by atoms with van der Waals surface area (Å²) >= 11 is 3.33. The van der Waals surface area contributed by atoms with Gasteiger partial charge in [-0.05, 0) is 41.8 Å². The van der Waals surface area contributed by atoms with E-state index >= 15 is 0 Å². The van der Waals surface area contributed by atoms with Crippen LogP contribution in [0.4, 0.5) is 0 Å². The van der Waals surface area contributed by atoms with E-state index < -0.39 is 5.91 Å². The largest absolute Gasteiger partial charge is 0.455 e. The number of fused-ring (bicyclic) bond motifs is 2. The Hall–Kier alpha value is -1.92. The molecule has 0 aliphatic heterocycles. The van der Waals surface area contributed by atoms with Gasteiger partial charge in [0.2, 0.25) is 11.3 Å². The standard InChI is InChI=1S/C18H17NO3S2/c1-3-23-11-8-13-16(20)12-7-10(18(19)21)5-6-14(12)22-17(13)15(9-11)24-4-2/h5-9H,3-4H2,1-2H3,(H2,19,21). The van der Waals surface area contributed by atoms with Crippen LogP contribution in [-0.2, 0) is 0 Å². The summed E-state index contributed by atoms with van der Waals surface area (Å²) in [5.41, 5.74) is 6.55. The number of primary amides is 1. The number of rotatable bonds is 5. The zero-order valence-electron chi connectivity index (χ0n) is 13.4. The van der Waals surface area contributed by atoms with Crippen molar-refractivity contribution in [2.75, 3.05) is 11.5 Å². The van der Waals surface area contributed by atoms with Gasteiger partial charge in [0.15, 0.2) is 5.58 Å². The van der Waals surface area contributed by atoms with Crippen LogP contribution in [0.2, 0.25) is 0 Å². The molecular weight excluding hydrogens is 342 g/mol. The van der Waals surface area contributed by atoms with Crippen LogP contribution in [0.25, 0.3) is 21.9 Å². The predicted molar refractivity (Wildman–Crippen MR) is 101 cm³/mol. The van der Waals surface area contributed by atoms with E-state index in [1.54, 1.807) is 35.7 Å². The Morgan fingerprint density at radius 1 is 1.08 bits per heavy atom. The van der Waals surface area contributed by atoms with Crippen molar-refractivity contribution < 1.29 is 9.21 Å². The third-order valence-corrected chi connectivity index (χ3v) is 5.37. The Labute approximate surface area is 147 Å². The van der Waals surface area contributed by atoms with Gasteiger partial charge in [0.05, 0.1) is 15.7 Å². The minimum Gasteiger partial charge on any atom is -0.455 e. The van der Waals surface area contributed by atoms with Gasteiger partial charge in [0.25, 0.3) is 0 Å². The molecule has 3 rings (SSSR count). The predicted octanol–water partition coefficient (Wildman–Crippen LogP) is 4.27. The van der Waals surface area contributed by atoms with Crippen molar-refractivity contribution in [1.82, 2.24) is 0 Å². The Bertz CT molecular complexity index is 995. The van der Waals surface area contributed by atoms with E-state index in [0.717, 1.165) is 21.3 Å². The molecule has 0 bridgehead atoms. The van der Waals surface area contributed by atoms with Gasteiger partial charge in [-0.15, -0.1) is 23.5 Å². The van der Waals surface area contributed by atoms with E-state index in [2.05, 4.69) is 19.9 Å². The van der Waals surface area contributed by atoms with Gasteiger partial charge < -0.3 is 10.2 Å². The quantitative estimate of drug-likeness (QED) is 0.544. The molecule has 4 nitrogen and oxygen atoms in total. The van der Waals surface area contributed by atoms with Crippen LogP contribution in [0, 0.1) is 0 Å². The van der Waals surface area contributed by atoms with Gasteiger partial charge >= 0.3 is 0 Å². The molecule has 0 fully saturated rings. The third-order valence-electron chi connectivity index (χ3n) is 3.60. The summed E-state index contributed by atoms with van der Waals surface area (Å²) < 4.78 is 6.00. The van der Waals surface area contributed by atoms with Crippen molar-refractivity contribution in [3.05, 3.63) is 46.1 Å². The fraction of sp³-hybridized carbons (Fsp3) is 0.222. The maximum atomic E-state index is 12.9. The molecule has 0 spiro atoms. The summed E-state index contributed by atoms with van der Waals surface area (Å²) in [7, 11) is 0. The molecule has 3 aromatic rings. The third kappa shape index (κ3) is 3.03. The molecule has 0 saturated heterocycles. The lowest BCUT2D eigenvalue weighted by Crippen LogP contribution is -2.12. The van der Waals surface area contributed by atoms with Crippen molar-refractivity contribution in [2.45, 2.75) is 23.6 Å². The summed E-state index contributed by atoms with van der Waals surface area (Å²) in [6.07, 6.45) is 0. The second-order valence-electron chi connectivity index (χ2n) is 5.17. The maximum absolute atomic E-state index is 12.9. The van der Waals surface area contributed by atoms with Crippen LogP contribution in [0.3, 0.4) is 0 Å². The van der Waals surface area contributed by atoms with Crippen LogP contribution in [0.15, 0.2) is 49.3 Å². The molecule has 124 valence electrons. The molecule has 1 amide bonds. The lowest BCUT2D eigenvalue weighted by atomic mass is 10.1. The molecule has 1 aromatic heterocycles. The molecule has 2 N–H and O–H groups in total. The molecule has 0 aliphatic rings. The highest BCUT2D eigenvalue weighted by Gasteiger charge is 2.14. The van der Waals surface area contributed by atoms with Crippen molar-refractivity contribution in [1.29, 1.82) is 0 Å².